The third-order valence-corrected chi connectivity index (χ3v) is 3.88. The SMILES string of the molecule is Nc1ccc(Br)c(-c2cccc3ccccc23)c1O. The summed E-state index contributed by atoms with van der Waals surface area (Å²) in [6, 6.07) is 17.6. The van der Waals surface area contributed by atoms with Gasteiger partial charge in [-0.2, -0.15) is 0 Å². The molecular formula is C16H12BrNO. The van der Waals surface area contributed by atoms with Gasteiger partial charge in [0.05, 0.1) is 5.69 Å². The first-order valence-electron chi connectivity index (χ1n) is 5.93. The zero-order valence-corrected chi connectivity index (χ0v) is 11.7. The van der Waals surface area contributed by atoms with Crippen molar-refractivity contribution < 1.29 is 5.11 Å². The maximum atomic E-state index is 10.2. The Hall–Kier alpha value is -2.00. The Morgan fingerprint density at radius 1 is 0.895 bits per heavy atom. The summed E-state index contributed by atoms with van der Waals surface area (Å²) in [5, 5.41) is 12.5. The van der Waals surface area contributed by atoms with Crippen molar-refractivity contribution in [3.05, 3.63) is 59.1 Å². The minimum Gasteiger partial charge on any atom is -0.505 e. The number of rotatable bonds is 1. The Morgan fingerprint density at radius 2 is 1.63 bits per heavy atom. The summed E-state index contributed by atoms with van der Waals surface area (Å²) < 4.78 is 0.829. The molecule has 3 aromatic carbocycles. The fraction of sp³-hybridized carbons (Fsp3) is 0. The quantitative estimate of drug-likeness (QED) is 0.511. The van der Waals surface area contributed by atoms with Crippen LogP contribution in [0, 0.1) is 0 Å². The van der Waals surface area contributed by atoms with Crippen molar-refractivity contribution in [2.75, 3.05) is 5.73 Å². The molecule has 0 saturated heterocycles. The molecule has 0 aliphatic heterocycles. The van der Waals surface area contributed by atoms with Crippen LogP contribution >= 0.6 is 15.9 Å². The van der Waals surface area contributed by atoms with Gasteiger partial charge in [0, 0.05) is 10.0 Å². The molecule has 3 heteroatoms. The second-order valence-corrected chi connectivity index (χ2v) is 5.24. The maximum absolute atomic E-state index is 10.2. The molecular weight excluding hydrogens is 302 g/mol. The van der Waals surface area contributed by atoms with E-state index in [9.17, 15) is 5.11 Å². The van der Waals surface area contributed by atoms with E-state index in [1.807, 2.05) is 36.4 Å². The minimum atomic E-state index is 0.116. The molecule has 0 amide bonds. The molecule has 0 aromatic heterocycles. The molecule has 0 spiro atoms. The summed E-state index contributed by atoms with van der Waals surface area (Å²) in [7, 11) is 0. The molecule has 0 heterocycles. The Labute approximate surface area is 119 Å². The van der Waals surface area contributed by atoms with Crippen LogP contribution in [0.5, 0.6) is 5.75 Å². The predicted molar refractivity (Wildman–Crippen MR) is 83.2 cm³/mol. The number of hydrogen-bond acceptors (Lipinski definition) is 2. The van der Waals surface area contributed by atoms with E-state index in [2.05, 4.69) is 28.1 Å². The Kier molecular flexibility index (Phi) is 2.91. The number of phenolic OH excluding ortho intramolecular Hbond substituents is 1. The zero-order valence-electron chi connectivity index (χ0n) is 10.1. The smallest absolute Gasteiger partial charge is 0.147 e. The van der Waals surface area contributed by atoms with Gasteiger partial charge in [0.1, 0.15) is 5.75 Å². The van der Waals surface area contributed by atoms with Crippen LogP contribution in [0.15, 0.2) is 59.1 Å². The lowest BCUT2D eigenvalue weighted by atomic mass is 9.97. The molecule has 3 aromatic rings. The fourth-order valence-corrected chi connectivity index (χ4v) is 2.82. The van der Waals surface area contributed by atoms with Crippen LogP contribution in [0.1, 0.15) is 0 Å². The number of nitrogen functional groups attached to an aromatic ring is 1. The van der Waals surface area contributed by atoms with Crippen molar-refractivity contribution in [3.63, 3.8) is 0 Å². The minimum absolute atomic E-state index is 0.116. The van der Waals surface area contributed by atoms with Crippen molar-refractivity contribution in [1.29, 1.82) is 0 Å². The highest BCUT2D eigenvalue weighted by molar-refractivity contribution is 9.10. The summed E-state index contributed by atoms with van der Waals surface area (Å²) in [4.78, 5) is 0. The van der Waals surface area contributed by atoms with E-state index in [0.29, 0.717) is 5.69 Å². The van der Waals surface area contributed by atoms with Gasteiger partial charge in [-0.05, 0) is 28.5 Å². The van der Waals surface area contributed by atoms with Crippen molar-refractivity contribution in [3.8, 4) is 16.9 Å². The highest BCUT2D eigenvalue weighted by atomic mass is 79.9. The van der Waals surface area contributed by atoms with Crippen LogP contribution in [0.4, 0.5) is 5.69 Å². The Balaban J connectivity index is 2.40. The Bertz CT molecular complexity index is 763. The molecule has 2 nitrogen and oxygen atoms in total. The molecule has 0 radical (unpaired) electrons. The fourth-order valence-electron chi connectivity index (χ4n) is 2.28. The van der Waals surface area contributed by atoms with Crippen LogP contribution in [0.2, 0.25) is 0 Å². The van der Waals surface area contributed by atoms with Gasteiger partial charge in [-0.1, -0.05) is 58.4 Å². The number of anilines is 1. The first kappa shape index (κ1) is 12.1. The van der Waals surface area contributed by atoms with E-state index in [1.54, 1.807) is 6.07 Å². The molecule has 0 unspecified atom stereocenters. The van der Waals surface area contributed by atoms with E-state index in [4.69, 9.17) is 5.73 Å². The van der Waals surface area contributed by atoms with E-state index >= 15 is 0 Å². The van der Waals surface area contributed by atoms with E-state index in [-0.39, 0.29) is 5.75 Å². The molecule has 0 aliphatic rings. The molecule has 19 heavy (non-hydrogen) atoms. The first-order valence-corrected chi connectivity index (χ1v) is 6.73. The van der Waals surface area contributed by atoms with Crippen LogP contribution in [-0.4, -0.2) is 5.11 Å². The average Bonchev–Trinajstić information content (AvgIpc) is 2.44. The highest BCUT2D eigenvalue weighted by Crippen LogP contribution is 2.42. The van der Waals surface area contributed by atoms with Crippen molar-refractivity contribution in [2.24, 2.45) is 0 Å². The number of hydrogen-bond donors (Lipinski definition) is 2. The van der Waals surface area contributed by atoms with Gasteiger partial charge >= 0.3 is 0 Å². The van der Waals surface area contributed by atoms with E-state index in [0.717, 1.165) is 26.4 Å². The maximum Gasteiger partial charge on any atom is 0.147 e. The number of phenols is 1. The monoisotopic (exact) mass is 313 g/mol. The Morgan fingerprint density at radius 3 is 2.47 bits per heavy atom. The third kappa shape index (κ3) is 1.96. The molecule has 0 aliphatic carbocycles. The number of nitrogens with two attached hydrogens (primary N) is 1. The van der Waals surface area contributed by atoms with Gasteiger partial charge < -0.3 is 10.8 Å². The first-order chi connectivity index (χ1) is 9.18. The highest BCUT2D eigenvalue weighted by Gasteiger charge is 2.13. The molecule has 3 N–H and O–H groups in total. The van der Waals surface area contributed by atoms with Gasteiger partial charge in [0.25, 0.3) is 0 Å². The second kappa shape index (κ2) is 4.59. The number of fused-ring (bicyclic) bond motifs is 1. The molecule has 0 saturated carbocycles. The lowest BCUT2D eigenvalue weighted by Gasteiger charge is -2.12. The number of aromatic hydroxyl groups is 1. The van der Waals surface area contributed by atoms with Gasteiger partial charge in [0.2, 0.25) is 0 Å². The van der Waals surface area contributed by atoms with Crippen LogP contribution in [-0.2, 0) is 0 Å². The zero-order chi connectivity index (χ0) is 13.4. The molecule has 0 bridgehead atoms. The topological polar surface area (TPSA) is 46.2 Å². The second-order valence-electron chi connectivity index (χ2n) is 4.39. The summed E-state index contributed by atoms with van der Waals surface area (Å²) in [5.74, 6) is 0.116. The third-order valence-electron chi connectivity index (χ3n) is 3.22. The summed E-state index contributed by atoms with van der Waals surface area (Å²) in [6.07, 6.45) is 0. The van der Waals surface area contributed by atoms with Crippen molar-refractivity contribution in [1.82, 2.24) is 0 Å². The van der Waals surface area contributed by atoms with Gasteiger partial charge in [-0.15, -0.1) is 0 Å². The van der Waals surface area contributed by atoms with Crippen LogP contribution in [0.3, 0.4) is 0 Å². The summed E-state index contributed by atoms with van der Waals surface area (Å²) in [5.41, 5.74) is 7.88. The van der Waals surface area contributed by atoms with Crippen molar-refractivity contribution >= 4 is 32.4 Å². The molecule has 3 rings (SSSR count). The molecule has 0 fully saturated rings. The molecule has 0 atom stereocenters. The predicted octanol–water partition coefficient (Wildman–Crippen LogP) is 4.56. The molecule has 94 valence electrons. The normalized spacial score (nSPS) is 10.8. The standard InChI is InChI=1S/C16H12BrNO/c17-13-8-9-14(18)16(19)15(13)12-7-3-5-10-4-1-2-6-11(10)12/h1-9,19H,18H2. The number of halogens is 1. The van der Waals surface area contributed by atoms with Crippen LogP contribution < -0.4 is 5.73 Å². The van der Waals surface area contributed by atoms with E-state index < -0.39 is 0 Å². The summed E-state index contributed by atoms with van der Waals surface area (Å²) in [6.45, 7) is 0. The lowest BCUT2D eigenvalue weighted by Crippen LogP contribution is -1.90. The summed E-state index contributed by atoms with van der Waals surface area (Å²) >= 11 is 3.49. The lowest BCUT2D eigenvalue weighted by molar-refractivity contribution is 0.479. The van der Waals surface area contributed by atoms with E-state index in [1.165, 1.54) is 0 Å². The van der Waals surface area contributed by atoms with Gasteiger partial charge in [0.15, 0.2) is 0 Å². The number of benzene rings is 3. The van der Waals surface area contributed by atoms with Crippen molar-refractivity contribution in [2.45, 2.75) is 0 Å². The van der Waals surface area contributed by atoms with Gasteiger partial charge in [-0.3, -0.25) is 0 Å². The largest absolute Gasteiger partial charge is 0.505 e. The average molecular weight is 314 g/mol. The van der Waals surface area contributed by atoms with Gasteiger partial charge in [-0.25, -0.2) is 0 Å². The van der Waals surface area contributed by atoms with Crippen LogP contribution in [0.25, 0.3) is 21.9 Å².